The molecule has 20 heavy (non-hydrogen) atoms. The van der Waals surface area contributed by atoms with Crippen LogP contribution in [0.1, 0.15) is 21.7 Å². The van der Waals surface area contributed by atoms with Crippen molar-refractivity contribution in [3.63, 3.8) is 0 Å². The van der Waals surface area contributed by atoms with Crippen LogP contribution in [0, 0.1) is 13.8 Å². The number of benzene rings is 1. The molecule has 106 valence electrons. The van der Waals surface area contributed by atoms with Crippen molar-refractivity contribution in [1.29, 1.82) is 0 Å². The molecule has 0 amide bonds. The summed E-state index contributed by atoms with van der Waals surface area (Å²) in [6.45, 7) is 4.00. The van der Waals surface area contributed by atoms with Crippen LogP contribution in [0.25, 0.3) is 5.69 Å². The Morgan fingerprint density at radius 3 is 2.50 bits per heavy atom. The third-order valence-corrected chi connectivity index (χ3v) is 4.04. The second kappa shape index (κ2) is 6.68. The van der Waals surface area contributed by atoms with E-state index in [1.165, 1.54) is 5.56 Å². The molecule has 0 aliphatic carbocycles. The number of carbonyl (C=O) groups is 1. The molecule has 4 nitrogen and oxygen atoms in total. The van der Waals surface area contributed by atoms with E-state index in [-0.39, 0.29) is 5.97 Å². The van der Waals surface area contributed by atoms with Gasteiger partial charge in [-0.3, -0.25) is 0 Å². The first-order valence-electron chi connectivity index (χ1n) is 6.00. The summed E-state index contributed by atoms with van der Waals surface area (Å²) in [4.78, 5) is 12.1. The minimum Gasteiger partial charge on any atom is -0.447 e. The molecule has 3 unspecified atom stereocenters. The highest BCUT2D eigenvalue weighted by molar-refractivity contribution is 8.03. The van der Waals surface area contributed by atoms with E-state index in [2.05, 4.69) is 14.0 Å². The van der Waals surface area contributed by atoms with Gasteiger partial charge < -0.3 is 14.2 Å². The van der Waals surface area contributed by atoms with Crippen LogP contribution >= 0.6 is 26.8 Å². The van der Waals surface area contributed by atoms with Crippen molar-refractivity contribution < 1.29 is 9.32 Å². The number of nitrogens with one attached hydrogen (secondary N) is 1. The van der Waals surface area contributed by atoms with Gasteiger partial charge in [0.1, 0.15) is 0 Å². The standard InChI is InChI=1S/C13H17N2O2P3/c1-8-3-5-10(6-4-8)15-9(2)7-11(14-20-19)12(15)13(16)17-18/h3-7,14,20H,18-19H2,1-2H3. The van der Waals surface area contributed by atoms with Crippen LogP contribution in [0.5, 0.6) is 0 Å². The van der Waals surface area contributed by atoms with E-state index < -0.39 is 0 Å². The van der Waals surface area contributed by atoms with Crippen LogP contribution in [0.2, 0.25) is 0 Å². The maximum absolute atomic E-state index is 12.1. The molecule has 1 heterocycles. The lowest BCUT2D eigenvalue weighted by Gasteiger charge is -2.12. The molecule has 3 atom stereocenters. The number of aryl methyl sites for hydroxylation is 2. The first-order valence-corrected chi connectivity index (χ1v) is 9.28. The van der Waals surface area contributed by atoms with E-state index in [0.29, 0.717) is 14.1 Å². The summed E-state index contributed by atoms with van der Waals surface area (Å²) in [7, 11) is 5.05. The van der Waals surface area contributed by atoms with Gasteiger partial charge in [-0.1, -0.05) is 26.6 Å². The Hall–Kier alpha value is -0.940. The number of anilines is 1. The predicted molar refractivity (Wildman–Crippen MR) is 92.0 cm³/mol. The molecule has 0 aliphatic heterocycles. The molecular formula is C13H17N2O2P3. The zero-order valence-corrected chi connectivity index (χ0v) is 14.6. The monoisotopic (exact) mass is 326 g/mol. The first-order chi connectivity index (χ1) is 9.58. The van der Waals surface area contributed by atoms with Crippen molar-refractivity contribution in [2.24, 2.45) is 0 Å². The molecule has 1 aromatic carbocycles. The summed E-state index contributed by atoms with van der Waals surface area (Å²) in [5.74, 6) is -0.380. The molecule has 0 radical (unpaired) electrons. The van der Waals surface area contributed by atoms with E-state index in [9.17, 15) is 4.79 Å². The zero-order chi connectivity index (χ0) is 14.7. The van der Waals surface area contributed by atoms with E-state index in [1.54, 1.807) is 0 Å². The fourth-order valence-electron chi connectivity index (χ4n) is 2.10. The molecule has 0 saturated heterocycles. The largest absolute Gasteiger partial charge is 0.447 e. The lowest BCUT2D eigenvalue weighted by Crippen LogP contribution is -2.10. The Morgan fingerprint density at radius 2 is 1.95 bits per heavy atom. The lowest BCUT2D eigenvalue weighted by atomic mass is 10.2. The maximum atomic E-state index is 12.1. The average Bonchev–Trinajstić information content (AvgIpc) is 2.76. The van der Waals surface area contributed by atoms with Gasteiger partial charge in [-0.25, -0.2) is 4.79 Å². The van der Waals surface area contributed by atoms with Gasteiger partial charge >= 0.3 is 5.97 Å². The Bertz CT molecular complexity index is 623. The van der Waals surface area contributed by atoms with Crippen LogP contribution in [0.4, 0.5) is 5.69 Å². The van der Waals surface area contributed by atoms with E-state index in [0.717, 1.165) is 17.1 Å². The van der Waals surface area contributed by atoms with Crippen LogP contribution in [0.15, 0.2) is 30.3 Å². The molecule has 2 rings (SSSR count). The topological polar surface area (TPSA) is 43.3 Å². The van der Waals surface area contributed by atoms with Gasteiger partial charge in [0.05, 0.1) is 15.2 Å². The number of nitrogens with zero attached hydrogens (tertiary/aromatic N) is 1. The van der Waals surface area contributed by atoms with Crippen LogP contribution in [-0.4, -0.2) is 10.5 Å². The summed E-state index contributed by atoms with van der Waals surface area (Å²) in [5, 5.41) is 3.19. The Labute approximate surface area is 124 Å². The molecule has 1 N–H and O–H groups in total. The van der Waals surface area contributed by atoms with Crippen LogP contribution in [-0.2, 0) is 4.52 Å². The van der Waals surface area contributed by atoms with Crippen molar-refractivity contribution in [2.75, 3.05) is 5.09 Å². The van der Waals surface area contributed by atoms with Crippen molar-refractivity contribution in [2.45, 2.75) is 13.8 Å². The number of rotatable bonds is 4. The predicted octanol–water partition coefficient (Wildman–Crippen LogP) is 3.84. The molecule has 0 saturated carbocycles. The quantitative estimate of drug-likeness (QED) is 0.868. The van der Waals surface area contributed by atoms with Gasteiger partial charge in [-0.2, -0.15) is 0 Å². The number of aromatic nitrogens is 1. The minimum absolute atomic E-state index is 0.380. The minimum atomic E-state index is -0.380. The zero-order valence-electron chi connectivity index (χ0n) is 11.3. The summed E-state index contributed by atoms with van der Waals surface area (Å²) >= 11 is 0. The third kappa shape index (κ3) is 3.04. The van der Waals surface area contributed by atoms with Gasteiger partial charge in [-0.05, 0) is 40.5 Å². The summed E-state index contributed by atoms with van der Waals surface area (Å²) in [6.07, 6.45) is 0. The average molecular weight is 326 g/mol. The number of carbonyl (C=O) groups excluding carboxylic acids is 1. The Balaban J connectivity index is 2.61. The normalized spacial score (nSPS) is 11.0. The summed E-state index contributed by atoms with van der Waals surface area (Å²) in [6, 6.07) is 9.99. The second-order valence-corrected chi connectivity index (χ2v) is 6.03. The van der Waals surface area contributed by atoms with E-state index in [4.69, 9.17) is 4.52 Å². The van der Waals surface area contributed by atoms with Crippen molar-refractivity contribution >= 4 is 38.5 Å². The maximum Gasteiger partial charge on any atom is 0.359 e. The SMILES string of the molecule is Cc1ccc(-n2c(C)cc(NPP)c2C(=O)OP)cc1. The van der Waals surface area contributed by atoms with Gasteiger partial charge in [0.2, 0.25) is 0 Å². The summed E-state index contributed by atoms with van der Waals surface area (Å²) < 4.78 is 6.74. The van der Waals surface area contributed by atoms with Gasteiger partial charge in [0, 0.05) is 11.4 Å². The number of hydrogen-bond acceptors (Lipinski definition) is 3. The van der Waals surface area contributed by atoms with Gasteiger partial charge in [0.25, 0.3) is 0 Å². The van der Waals surface area contributed by atoms with E-state index in [1.807, 2.05) is 58.2 Å². The third-order valence-electron chi connectivity index (χ3n) is 2.98. The highest BCUT2D eigenvalue weighted by atomic mass is 32.0. The molecule has 2 aromatic rings. The lowest BCUT2D eigenvalue weighted by molar-refractivity contribution is 0.0758. The van der Waals surface area contributed by atoms with Gasteiger partial charge in [0.15, 0.2) is 5.69 Å². The Kier molecular flexibility index (Phi) is 5.16. The molecule has 0 spiro atoms. The molecule has 1 aromatic heterocycles. The number of hydrogen-bond donors (Lipinski definition) is 1. The van der Waals surface area contributed by atoms with E-state index >= 15 is 0 Å². The second-order valence-electron chi connectivity index (χ2n) is 4.39. The fourth-order valence-corrected chi connectivity index (χ4v) is 3.02. The van der Waals surface area contributed by atoms with Crippen molar-refractivity contribution in [1.82, 2.24) is 4.57 Å². The molecule has 0 fully saturated rings. The molecule has 0 aliphatic rings. The smallest absolute Gasteiger partial charge is 0.359 e. The first kappa shape index (κ1) is 15.4. The Morgan fingerprint density at radius 1 is 1.30 bits per heavy atom. The highest BCUT2D eigenvalue weighted by Crippen LogP contribution is 2.32. The van der Waals surface area contributed by atoms with Crippen LogP contribution in [0.3, 0.4) is 0 Å². The molecule has 0 bridgehead atoms. The summed E-state index contributed by atoms with van der Waals surface area (Å²) in [5.41, 5.74) is 4.39. The van der Waals surface area contributed by atoms with Crippen molar-refractivity contribution in [3.05, 3.63) is 47.3 Å². The molecular weight excluding hydrogens is 309 g/mol. The highest BCUT2D eigenvalue weighted by Gasteiger charge is 2.21. The fraction of sp³-hybridized carbons (Fsp3) is 0.154. The van der Waals surface area contributed by atoms with Gasteiger partial charge in [-0.15, -0.1) is 0 Å². The van der Waals surface area contributed by atoms with Crippen molar-refractivity contribution in [3.8, 4) is 5.69 Å². The van der Waals surface area contributed by atoms with Crippen LogP contribution < -0.4 is 5.09 Å². The molecule has 7 heteroatoms.